The Balaban J connectivity index is 4.33. The first-order chi connectivity index (χ1) is 28.3. The number of hydrogen-bond donors (Lipinski definition) is 5. The maximum Gasteiger partial charge on any atom is 0.472 e. The summed E-state index contributed by atoms with van der Waals surface area (Å²) in [4.78, 5) is 22.8. The molecule has 340 valence electrons. The molecular weight excluding hydrogens is 748 g/mol. The zero-order chi connectivity index (χ0) is 42.6. The lowest BCUT2D eigenvalue weighted by molar-refractivity contribution is -0.124. The minimum atomic E-state index is -4.42. The van der Waals surface area contributed by atoms with E-state index in [2.05, 4.69) is 55.6 Å². The molecule has 0 bridgehead atoms. The van der Waals surface area contributed by atoms with Crippen molar-refractivity contribution in [2.75, 3.05) is 19.8 Å². The molecule has 4 atom stereocenters. The van der Waals surface area contributed by atoms with Crippen molar-refractivity contribution in [1.82, 2.24) is 5.32 Å². The van der Waals surface area contributed by atoms with Crippen LogP contribution in [0.15, 0.2) is 48.6 Å². The van der Waals surface area contributed by atoms with E-state index < -0.39 is 38.6 Å². The Kier molecular flexibility index (Phi) is 42.3. The molecular formula is C48H91N2O7P. The van der Waals surface area contributed by atoms with Gasteiger partial charge in [0, 0.05) is 6.54 Å². The molecule has 0 aromatic heterocycles. The number of nitrogens with two attached hydrogens (primary N) is 1. The highest BCUT2D eigenvalue weighted by atomic mass is 31.2. The van der Waals surface area contributed by atoms with Gasteiger partial charge in [-0.2, -0.15) is 0 Å². The second-order valence-electron chi connectivity index (χ2n) is 16.1. The average Bonchev–Trinajstić information content (AvgIpc) is 3.20. The molecule has 0 spiro atoms. The minimum Gasteiger partial charge on any atom is -0.393 e. The largest absolute Gasteiger partial charge is 0.472 e. The van der Waals surface area contributed by atoms with Gasteiger partial charge < -0.3 is 26.2 Å². The number of phosphoric ester groups is 1. The van der Waals surface area contributed by atoms with Crippen LogP contribution in [0.5, 0.6) is 0 Å². The maximum atomic E-state index is 12.8. The highest BCUT2D eigenvalue weighted by Crippen LogP contribution is 2.43. The molecule has 0 aromatic carbocycles. The van der Waals surface area contributed by atoms with Crippen molar-refractivity contribution in [1.29, 1.82) is 0 Å². The number of aliphatic hydroxyl groups is 2. The summed E-state index contributed by atoms with van der Waals surface area (Å²) in [7, 11) is -4.42. The fraction of sp³-hybridized carbons (Fsp3) is 0.812. The van der Waals surface area contributed by atoms with E-state index in [1.165, 1.54) is 122 Å². The molecule has 0 rings (SSSR count). The third-order valence-corrected chi connectivity index (χ3v) is 11.4. The topological polar surface area (TPSA) is 151 Å². The van der Waals surface area contributed by atoms with Crippen LogP contribution in [0, 0.1) is 0 Å². The van der Waals surface area contributed by atoms with E-state index in [1.807, 2.05) is 6.08 Å². The van der Waals surface area contributed by atoms with Gasteiger partial charge in [0.1, 0.15) is 0 Å². The van der Waals surface area contributed by atoms with Gasteiger partial charge in [-0.25, -0.2) is 4.57 Å². The summed E-state index contributed by atoms with van der Waals surface area (Å²) in [6.07, 6.45) is 50.6. The zero-order valence-corrected chi connectivity index (χ0v) is 38.3. The molecule has 58 heavy (non-hydrogen) atoms. The fourth-order valence-corrected chi connectivity index (χ4v) is 7.55. The van der Waals surface area contributed by atoms with Crippen molar-refractivity contribution in [3.8, 4) is 0 Å². The van der Waals surface area contributed by atoms with E-state index in [9.17, 15) is 24.5 Å². The number of aliphatic hydroxyl groups excluding tert-OH is 2. The Hall–Kier alpha value is -1.58. The number of amides is 1. The summed E-state index contributed by atoms with van der Waals surface area (Å²) in [5, 5.41) is 24.1. The Morgan fingerprint density at radius 2 is 0.983 bits per heavy atom. The highest BCUT2D eigenvalue weighted by molar-refractivity contribution is 7.47. The lowest BCUT2D eigenvalue weighted by Crippen LogP contribution is -2.46. The van der Waals surface area contributed by atoms with Gasteiger partial charge in [-0.3, -0.25) is 13.8 Å². The Morgan fingerprint density at radius 1 is 0.586 bits per heavy atom. The van der Waals surface area contributed by atoms with Gasteiger partial charge in [0.25, 0.3) is 0 Å². The standard InChI is InChI=1S/C48H91N2O7P/c1-3-5-7-9-11-13-15-17-19-21-22-24-25-27-29-31-33-35-37-39-45(51)43-48(53)50-46(44-57-58(54,55)56-42-41-49)47(52)40-38-36-34-32-30-28-26-23-20-18-16-14-12-10-8-6-4-2/h20,23-25,30,32,38,40,45-47,51-52H,3-19,21-22,26-29,31,33-37,39,41-44,49H2,1-2H3,(H,50,53)(H,54,55)/b23-20+,25-24-,32-30+,40-38+. The summed E-state index contributed by atoms with van der Waals surface area (Å²) >= 11 is 0. The van der Waals surface area contributed by atoms with Gasteiger partial charge in [0.2, 0.25) is 5.91 Å². The summed E-state index contributed by atoms with van der Waals surface area (Å²) in [5.41, 5.74) is 5.37. The first kappa shape index (κ1) is 56.4. The average molecular weight is 839 g/mol. The van der Waals surface area contributed by atoms with Crippen LogP contribution in [0.1, 0.15) is 213 Å². The number of carbonyl (C=O) groups is 1. The van der Waals surface area contributed by atoms with Crippen LogP contribution >= 0.6 is 7.82 Å². The van der Waals surface area contributed by atoms with Crippen LogP contribution in [0.25, 0.3) is 0 Å². The van der Waals surface area contributed by atoms with Gasteiger partial charge >= 0.3 is 7.82 Å². The lowest BCUT2D eigenvalue weighted by atomic mass is 10.0. The van der Waals surface area contributed by atoms with E-state index in [4.69, 9.17) is 14.8 Å². The predicted octanol–water partition coefficient (Wildman–Crippen LogP) is 12.6. The Bertz CT molecular complexity index is 1070. The summed E-state index contributed by atoms with van der Waals surface area (Å²) in [6, 6.07) is -1.01. The molecule has 1 amide bonds. The Morgan fingerprint density at radius 3 is 1.43 bits per heavy atom. The van der Waals surface area contributed by atoms with Gasteiger partial charge in [0.15, 0.2) is 0 Å². The monoisotopic (exact) mass is 839 g/mol. The van der Waals surface area contributed by atoms with Gasteiger partial charge in [-0.1, -0.05) is 184 Å². The second-order valence-corrected chi connectivity index (χ2v) is 17.6. The van der Waals surface area contributed by atoms with Crippen molar-refractivity contribution < 1.29 is 33.5 Å². The molecule has 0 saturated carbocycles. The van der Waals surface area contributed by atoms with Gasteiger partial charge in [0.05, 0.1) is 37.9 Å². The zero-order valence-electron chi connectivity index (χ0n) is 37.4. The number of allylic oxidation sites excluding steroid dienone is 7. The minimum absolute atomic E-state index is 0.0403. The van der Waals surface area contributed by atoms with Crippen molar-refractivity contribution in [3.63, 3.8) is 0 Å². The SMILES string of the molecule is CCCCCCCCC/C=C/CC/C=C/CC/C=C/C(O)C(COP(=O)(O)OCCN)NC(=O)CC(O)CCCCCCC/C=C\CCCCCCCCCCCC. The molecule has 10 heteroatoms. The fourth-order valence-electron chi connectivity index (χ4n) is 6.79. The number of rotatable bonds is 44. The van der Waals surface area contributed by atoms with E-state index in [0.29, 0.717) is 12.8 Å². The van der Waals surface area contributed by atoms with E-state index in [-0.39, 0.29) is 19.6 Å². The molecule has 4 unspecified atom stereocenters. The van der Waals surface area contributed by atoms with Crippen LogP contribution in [0.2, 0.25) is 0 Å². The number of carbonyl (C=O) groups excluding carboxylic acids is 1. The van der Waals surface area contributed by atoms with E-state index in [0.717, 1.165) is 57.8 Å². The van der Waals surface area contributed by atoms with E-state index in [1.54, 1.807) is 6.08 Å². The number of nitrogens with one attached hydrogen (secondary N) is 1. The molecule has 0 radical (unpaired) electrons. The number of unbranched alkanes of at least 4 members (excludes halogenated alkanes) is 24. The number of phosphoric acid groups is 1. The van der Waals surface area contributed by atoms with Crippen molar-refractivity contribution >= 4 is 13.7 Å². The third-order valence-electron chi connectivity index (χ3n) is 10.4. The lowest BCUT2D eigenvalue weighted by Gasteiger charge is -2.24. The smallest absolute Gasteiger partial charge is 0.393 e. The number of hydrogen-bond acceptors (Lipinski definition) is 7. The van der Waals surface area contributed by atoms with Gasteiger partial charge in [-0.15, -0.1) is 0 Å². The third kappa shape index (κ3) is 41.2. The van der Waals surface area contributed by atoms with Crippen molar-refractivity contribution in [3.05, 3.63) is 48.6 Å². The molecule has 0 heterocycles. The Labute approximate surface area is 356 Å². The molecule has 6 N–H and O–H groups in total. The normalized spacial score (nSPS) is 14.9. The quantitative estimate of drug-likeness (QED) is 0.0231. The van der Waals surface area contributed by atoms with Crippen molar-refractivity contribution in [2.24, 2.45) is 5.73 Å². The molecule has 0 saturated heterocycles. The first-order valence-electron chi connectivity index (χ1n) is 23.8. The van der Waals surface area contributed by atoms with Crippen LogP contribution in [0.3, 0.4) is 0 Å². The molecule has 0 aromatic rings. The first-order valence-corrected chi connectivity index (χ1v) is 25.3. The van der Waals surface area contributed by atoms with Gasteiger partial charge in [-0.05, 0) is 70.6 Å². The molecule has 0 aliphatic rings. The molecule has 0 fully saturated rings. The van der Waals surface area contributed by atoms with Crippen LogP contribution in [-0.4, -0.2) is 59.0 Å². The highest BCUT2D eigenvalue weighted by Gasteiger charge is 2.27. The predicted molar refractivity (Wildman–Crippen MR) is 246 cm³/mol. The van der Waals surface area contributed by atoms with Crippen LogP contribution < -0.4 is 11.1 Å². The molecule has 0 aliphatic carbocycles. The summed E-state index contributed by atoms with van der Waals surface area (Å²) in [5.74, 6) is -0.465. The maximum absolute atomic E-state index is 12.8. The van der Waals surface area contributed by atoms with Crippen molar-refractivity contribution in [2.45, 2.75) is 231 Å². The van der Waals surface area contributed by atoms with E-state index >= 15 is 0 Å². The second kappa shape index (κ2) is 43.5. The molecule has 0 aliphatic heterocycles. The summed E-state index contributed by atoms with van der Waals surface area (Å²) < 4.78 is 22.1. The molecule has 9 nitrogen and oxygen atoms in total. The van der Waals surface area contributed by atoms with Crippen LogP contribution in [0.4, 0.5) is 0 Å². The summed E-state index contributed by atoms with van der Waals surface area (Å²) in [6.45, 7) is 3.94. The van der Waals surface area contributed by atoms with Crippen LogP contribution in [-0.2, 0) is 18.4 Å².